The van der Waals surface area contributed by atoms with Crippen LogP contribution in [0, 0.1) is 0 Å². The van der Waals surface area contributed by atoms with E-state index in [1.165, 1.54) is 47.8 Å². The van der Waals surface area contributed by atoms with Crippen LogP contribution in [0.5, 0.6) is 0 Å². The molecule has 0 fully saturated rings. The molecule has 3 heterocycles. The predicted octanol–water partition coefficient (Wildman–Crippen LogP) is 10.6. The van der Waals surface area contributed by atoms with Crippen LogP contribution in [-0.2, 0) is 0 Å². The summed E-state index contributed by atoms with van der Waals surface area (Å²) in [6, 6.07) is 47.2. The van der Waals surface area contributed by atoms with Crippen LogP contribution in [0.1, 0.15) is 0 Å². The Hall–Kier alpha value is -5.19. The normalized spacial score (nSPS) is 11.9. The highest BCUT2D eigenvalue weighted by molar-refractivity contribution is 7.26. The summed E-state index contributed by atoms with van der Waals surface area (Å²) in [5.74, 6) is 0.649. The van der Waals surface area contributed by atoms with E-state index in [1.807, 2.05) is 0 Å². The molecule has 0 aliphatic rings. The summed E-state index contributed by atoms with van der Waals surface area (Å²) in [5, 5.41) is 4.88. The van der Waals surface area contributed by atoms with Crippen molar-refractivity contribution in [1.29, 1.82) is 0 Å². The number of aromatic nitrogens is 2. The van der Waals surface area contributed by atoms with Crippen molar-refractivity contribution in [2.75, 3.05) is 0 Å². The second-order valence-corrected chi connectivity index (χ2v) is 11.5. The second-order valence-electron chi connectivity index (χ2n) is 10.4. The number of oxazole rings is 1. The van der Waals surface area contributed by atoms with Gasteiger partial charge in [-0.25, -0.2) is 4.98 Å². The first-order valence-corrected chi connectivity index (χ1v) is 14.5. The van der Waals surface area contributed by atoms with Gasteiger partial charge in [0.15, 0.2) is 5.58 Å². The molecule has 0 aliphatic carbocycles. The Bertz CT molecular complexity index is 2410. The monoisotopic (exact) mass is 542 g/mol. The van der Waals surface area contributed by atoms with E-state index in [4.69, 9.17) is 9.40 Å². The quantitative estimate of drug-likeness (QED) is 0.222. The minimum absolute atomic E-state index is 0.649. The van der Waals surface area contributed by atoms with Gasteiger partial charge in [-0.15, -0.1) is 11.3 Å². The Morgan fingerprint density at radius 3 is 2.12 bits per heavy atom. The minimum Gasteiger partial charge on any atom is -0.435 e. The number of hydrogen-bond donors (Lipinski definition) is 0. The molecule has 0 saturated carbocycles. The predicted molar refractivity (Wildman–Crippen MR) is 172 cm³/mol. The molecule has 0 N–H and O–H groups in total. The molecule has 9 aromatic rings. The highest BCUT2D eigenvalue weighted by Gasteiger charge is 2.16. The number of nitrogens with zero attached hydrogens (tertiary/aromatic N) is 2. The molecule has 0 spiro atoms. The molecule has 41 heavy (non-hydrogen) atoms. The van der Waals surface area contributed by atoms with E-state index in [1.54, 1.807) is 11.3 Å². The third-order valence-electron chi connectivity index (χ3n) is 8.05. The van der Waals surface area contributed by atoms with Gasteiger partial charge in [-0.2, -0.15) is 0 Å². The maximum Gasteiger partial charge on any atom is 0.227 e. The zero-order valence-corrected chi connectivity index (χ0v) is 22.7. The van der Waals surface area contributed by atoms with E-state index in [0.29, 0.717) is 5.89 Å². The molecule has 9 rings (SSSR count). The van der Waals surface area contributed by atoms with E-state index in [-0.39, 0.29) is 0 Å². The summed E-state index contributed by atoms with van der Waals surface area (Å²) in [6.07, 6.45) is 0. The summed E-state index contributed by atoms with van der Waals surface area (Å²) >= 11 is 1.79. The second kappa shape index (κ2) is 8.65. The summed E-state index contributed by atoms with van der Waals surface area (Å²) in [5.41, 5.74) is 8.65. The van der Waals surface area contributed by atoms with Crippen molar-refractivity contribution < 1.29 is 4.42 Å². The SMILES string of the molecule is c1ccc(-n2c3ccccc3c3cc(-c4ccc(-c5nc6ccc7sc8ccccc8c7c6o5)cc4)ccc32)cc1. The van der Waals surface area contributed by atoms with Gasteiger partial charge in [0.1, 0.15) is 5.52 Å². The standard InChI is InChI=1S/C37H22N2OS/c1-2-8-26(9-3-1)39-31-12-6-4-10-27(31)29-22-25(18-20-32(29)39)23-14-16-24(17-15-23)37-38-30-19-21-34-35(36(30)40-37)28-11-5-7-13-33(28)41-34/h1-22H. The zero-order chi connectivity index (χ0) is 26.9. The highest BCUT2D eigenvalue weighted by atomic mass is 32.1. The Labute approximate surface area is 239 Å². The first-order valence-electron chi connectivity index (χ1n) is 13.7. The average Bonchev–Trinajstić information content (AvgIpc) is 3.73. The van der Waals surface area contributed by atoms with Gasteiger partial charge in [-0.3, -0.25) is 0 Å². The molecule has 0 amide bonds. The zero-order valence-electron chi connectivity index (χ0n) is 21.9. The van der Waals surface area contributed by atoms with Crippen LogP contribution in [0.15, 0.2) is 138 Å². The number of fused-ring (bicyclic) bond motifs is 8. The fourth-order valence-electron chi connectivity index (χ4n) is 6.13. The first kappa shape index (κ1) is 22.6. The van der Waals surface area contributed by atoms with Crippen LogP contribution in [0.2, 0.25) is 0 Å². The summed E-state index contributed by atoms with van der Waals surface area (Å²) < 4.78 is 11.3. The smallest absolute Gasteiger partial charge is 0.227 e. The third kappa shape index (κ3) is 3.41. The Morgan fingerprint density at radius 2 is 1.24 bits per heavy atom. The third-order valence-corrected chi connectivity index (χ3v) is 9.18. The van der Waals surface area contributed by atoms with Crippen LogP contribution in [0.3, 0.4) is 0 Å². The number of rotatable bonds is 3. The molecule has 3 nitrogen and oxygen atoms in total. The molecule has 192 valence electrons. The molecule has 0 atom stereocenters. The Balaban J connectivity index is 1.14. The lowest BCUT2D eigenvalue weighted by atomic mass is 10.0. The van der Waals surface area contributed by atoms with Crippen molar-refractivity contribution in [2.24, 2.45) is 0 Å². The number of thiophene rings is 1. The van der Waals surface area contributed by atoms with Crippen molar-refractivity contribution in [2.45, 2.75) is 0 Å². The van der Waals surface area contributed by atoms with Gasteiger partial charge >= 0.3 is 0 Å². The van der Waals surface area contributed by atoms with Gasteiger partial charge in [0.25, 0.3) is 0 Å². The lowest BCUT2D eigenvalue weighted by molar-refractivity contribution is 0.623. The van der Waals surface area contributed by atoms with Gasteiger partial charge in [0.05, 0.1) is 11.0 Å². The summed E-state index contributed by atoms with van der Waals surface area (Å²) in [6.45, 7) is 0. The maximum atomic E-state index is 6.42. The van der Waals surface area contributed by atoms with Crippen molar-refractivity contribution in [3.8, 4) is 28.3 Å². The molecule has 0 bridgehead atoms. The molecular formula is C37H22N2OS. The van der Waals surface area contributed by atoms with Crippen LogP contribution in [0.4, 0.5) is 0 Å². The van der Waals surface area contributed by atoms with Crippen LogP contribution in [-0.4, -0.2) is 9.55 Å². The van der Waals surface area contributed by atoms with Gasteiger partial charge < -0.3 is 8.98 Å². The van der Waals surface area contributed by atoms with Crippen molar-refractivity contribution in [3.63, 3.8) is 0 Å². The van der Waals surface area contributed by atoms with E-state index in [9.17, 15) is 0 Å². The topological polar surface area (TPSA) is 31.0 Å². The Kier molecular flexibility index (Phi) is 4.77. The largest absolute Gasteiger partial charge is 0.435 e. The van der Waals surface area contributed by atoms with Crippen LogP contribution in [0.25, 0.3) is 81.3 Å². The minimum atomic E-state index is 0.649. The van der Waals surface area contributed by atoms with E-state index in [2.05, 4.69) is 138 Å². The van der Waals surface area contributed by atoms with Gasteiger partial charge in [0.2, 0.25) is 5.89 Å². The fourth-order valence-corrected chi connectivity index (χ4v) is 7.24. The number of benzene rings is 6. The maximum absolute atomic E-state index is 6.42. The van der Waals surface area contributed by atoms with E-state index in [0.717, 1.165) is 27.6 Å². The first-order chi connectivity index (χ1) is 20.3. The number of para-hydroxylation sites is 2. The lowest BCUT2D eigenvalue weighted by Gasteiger charge is -2.08. The fraction of sp³-hybridized carbons (Fsp3) is 0. The van der Waals surface area contributed by atoms with Crippen LogP contribution >= 0.6 is 11.3 Å². The number of hydrogen-bond acceptors (Lipinski definition) is 3. The van der Waals surface area contributed by atoms with Gasteiger partial charge in [-0.1, -0.05) is 72.8 Å². The van der Waals surface area contributed by atoms with Gasteiger partial charge in [-0.05, 0) is 71.8 Å². The molecular weight excluding hydrogens is 520 g/mol. The summed E-state index contributed by atoms with van der Waals surface area (Å²) in [7, 11) is 0. The van der Waals surface area contributed by atoms with Crippen molar-refractivity contribution in [1.82, 2.24) is 9.55 Å². The molecule has 4 heteroatoms. The van der Waals surface area contributed by atoms with Crippen molar-refractivity contribution in [3.05, 3.63) is 133 Å². The molecule has 0 unspecified atom stereocenters. The average molecular weight is 543 g/mol. The lowest BCUT2D eigenvalue weighted by Crippen LogP contribution is -1.92. The molecule has 0 aliphatic heterocycles. The Morgan fingerprint density at radius 1 is 0.537 bits per heavy atom. The molecule has 0 saturated heterocycles. The van der Waals surface area contributed by atoms with Crippen molar-refractivity contribution >= 4 is 64.4 Å². The molecule has 0 radical (unpaired) electrons. The highest BCUT2D eigenvalue weighted by Crippen LogP contribution is 2.40. The van der Waals surface area contributed by atoms with Gasteiger partial charge in [0, 0.05) is 42.2 Å². The molecule has 3 aromatic heterocycles. The van der Waals surface area contributed by atoms with E-state index < -0.39 is 0 Å². The summed E-state index contributed by atoms with van der Waals surface area (Å²) in [4.78, 5) is 4.86. The molecule has 6 aromatic carbocycles. The van der Waals surface area contributed by atoms with Crippen LogP contribution < -0.4 is 0 Å². The van der Waals surface area contributed by atoms with E-state index >= 15 is 0 Å².